The maximum absolute atomic E-state index is 13.2. The van der Waals surface area contributed by atoms with Gasteiger partial charge < -0.3 is 10.1 Å². The molecule has 1 atom stereocenters. The number of carbonyl (C=O) groups excluding carboxylic acids is 1. The Morgan fingerprint density at radius 1 is 1.13 bits per heavy atom. The number of hydrogen-bond donors (Lipinski definition) is 2. The van der Waals surface area contributed by atoms with E-state index in [-0.39, 0.29) is 34.7 Å². The maximum Gasteiger partial charge on any atom is 0.299 e. The third kappa shape index (κ3) is 6.12. The first-order valence-corrected chi connectivity index (χ1v) is 13.8. The normalized spacial score (nSPS) is 12.2. The SMILES string of the molecule is Cc1cc([C@@H](C)Nc2ccc(Cl)nc2C(=O)NS(C)(=O)=O)c2nc(OCc3ccccc3)n(C)c(=O)c2c1. The summed E-state index contributed by atoms with van der Waals surface area (Å²) in [7, 11) is -2.22. The lowest BCUT2D eigenvalue weighted by molar-refractivity contribution is 0.0977. The number of aromatic nitrogens is 3. The summed E-state index contributed by atoms with van der Waals surface area (Å²) in [6.07, 6.45) is 0.869. The molecule has 2 aromatic heterocycles. The molecule has 0 bridgehead atoms. The first kappa shape index (κ1) is 27.1. The van der Waals surface area contributed by atoms with E-state index >= 15 is 0 Å². The number of ether oxygens (including phenoxy) is 1. The van der Waals surface area contributed by atoms with Crippen molar-refractivity contribution in [1.82, 2.24) is 19.3 Å². The number of nitrogens with one attached hydrogen (secondary N) is 2. The van der Waals surface area contributed by atoms with Gasteiger partial charge in [0, 0.05) is 12.6 Å². The number of halogens is 1. The summed E-state index contributed by atoms with van der Waals surface area (Å²) in [5.41, 5.74) is 2.66. The van der Waals surface area contributed by atoms with E-state index in [9.17, 15) is 18.0 Å². The largest absolute Gasteiger partial charge is 0.460 e. The number of amides is 1. The van der Waals surface area contributed by atoms with Gasteiger partial charge in [0.1, 0.15) is 11.8 Å². The summed E-state index contributed by atoms with van der Waals surface area (Å²) >= 11 is 5.98. The molecule has 1 amide bonds. The molecule has 198 valence electrons. The Bertz CT molecular complexity index is 1690. The topological polar surface area (TPSA) is 132 Å². The Kier molecular flexibility index (Phi) is 7.70. The number of anilines is 1. The van der Waals surface area contributed by atoms with E-state index in [2.05, 4.69) is 15.3 Å². The molecule has 4 rings (SSSR count). The van der Waals surface area contributed by atoms with Crippen LogP contribution in [0.5, 0.6) is 6.01 Å². The third-order valence-corrected chi connectivity index (χ3v) is 6.48. The maximum atomic E-state index is 13.2. The summed E-state index contributed by atoms with van der Waals surface area (Å²) in [6.45, 7) is 3.92. The molecule has 0 unspecified atom stereocenters. The van der Waals surface area contributed by atoms with Gasteiger partial charge in [-0.15, -0.1) is 0 Å². The van der Waals surface area contributed by atoms with Gasteiger partial charge >= 0.3 is 0 Å². The highest BCUT2D eigenvalue weighted by molar-refractivity contribution is 7.89. The number of benzene rings is 2. The number of carbonyl (C=O) groups is 1. The van der Waals surface area contributed by atoms with Crippen LogP contribution in [0.15, 0.2) is 59.4 Å². The zero-order valence-electron chi connectivity index (χ0n) is 21.1. The minimum atomic E-state index is -3.83. The van der Waals surface area contributed by atoms with Crippen molar-refractivity contribution in [2.24, 2.45) is 7.05 Å². The molecule has 0 fully saturated rings. The minimum absolute atomic E-state index is 0.0215. The summed E-state index contributed by atoms with van der Waals surface area (Å²) in [4.78, 5) is 34.6. The Balaban J connectivity index is 1.74. The molecule has 2 N–H and O–H groups in total. The van der Waals surface area contributed by atoms with Crippen LogP contribution in [0, 0.1) is 6.92 Å². The van der Waals surface area contributed by atoms with Crippen molar-refractivity contribution in [3.8, 4) is 6.01 Å². The van der Waals surface area contributed by atoms with Crippen LogP contribution < -0.4 is 20.3 Å². The number of rotatable bonds is 8. The van der Waals surface area contributed by atoms with Crippen molar-refractivity contribution in [3.05, 3.63) is 92.5 Å². The first-order valence-electron chi connectivity index (χ1n) is 11.6. The van der Waals surface area contributed by atoms with E-state index in [4.69, 9.17) is 16.3 Å². The second-order valence-electron chi connectivity index (χ2n) is 8.88. The Hall–Kier alpha value is -3.96. The predicted octanol–water partition coefficient (Wildman–Crippen LogP) is 3.73. The van der Waals surface area contributed by atoms with Crippen LogP contribution in [0.4, 0.5) is 5.69 Å². The standard InChI is InChI=1S/C26H26ClN5O5S/c1-15-12-18(16(2)28-20-10-11-21(27)29-23(20)24(33)31-38(4,35)36)22-19(13-15)25(34)32(3)26(30-22)37-14-17-8-6-5-7-9-17/h5-13,16,28H,14H2,1-4H3,(H,31,33)/t16-/m1/s1. The zero-order chi connectivity index (χ0) is 27.6. The predicted molar refractivity (Wildman–Crippen MR) is 146 cm³/mol. The van der Waals surface area contributed by atoms with Crippen molar-refractivity contribution in [3.63, 3.8) is 0 Å². The number of sulfonamides is 1. The van der Waals surface area contributed by atoms with Crippen LogP contribution in [0.3, 0.4) is 0 Å². The van der Waals surface area contributed by atoms with Gasteiger partial charge in [-0.3, -0.25) is 14.2 Å². The third-order valence-electron chi connectivity index (χ3n) is 5.72. The summed E-state index contributed by atoms with van der Waals surface area (Å²) in [6, 6.07) is 15.9. The molecule has 2 aromatic carbocycles. The van der Waals surface area contributed by atoms with E-state index in [1.165, 1.54) is 16.7 Å². The van der Waals surface area contributed by atoms with E-state index in [0.29, 0.717) is 16.5 Å². The van der Waals surface area contributed by atoms with Gasteiger partial charge in [0.2, 0.25) is 10.0 Å². The lowest BCUT2D eigenvalue weighted by Gasteiger charge is -2.20. The molecule has 0 aliphatic heterocycles. The monoisotopic (exact) mass is 555 g/mol. The van der Waals surface area contributed by atoms with Gasteiger partial charge in [-0.25, -0.2) is 18.1 Å². The highest BCUT2D eigenvalue weighted by Gasteiger charge is 2.22. The smallest absolute Gasteiger partial charge is 0.299 e. The average molecular weight is 556 g/mol. The van der Waals surface area contributed by atoms with Crippen LogP contribution >= 0.6 is 11.6 Å². The quantitative estimate of drug-likeness (QED) is 0.314. The molecule has 38 heavy (non-hydrogen) atoms. The molecule has 0 saturated heterocycles. The Morgan fingerprint density at radius 3 is 2.53 bits per heavy atom. The van der Waals surface area contributed by atoms with E-state index in [1.807, 2.05) is 55.0 Å². The van der Waals surface area contributed by atoms with E-state index in [1.54, 1.807) is 13.1 Å². The molecule has 0 radical (unpaired) electrons. The van der Waals surface area contributed by atoms with Crippen LogP contribution in [-0.4, -0.2) is 35.1 Å². The molecule has 10 nitrogen and oxygen atoms in total. The van der Waals surface area contributed by atoms with Crippen LogP contribution in [0.25, 0.3) is 10.9 Å². The highest BCUT2D eigenvalue weighted by atomic mass is 35.5. The summed E-state index contributed by atoms with van der Waals surface area (Å²) in [5.74, 6) is -0.928. The second-order valence-corrected chi connectivity index (χ2v) is 11.0. The van der Waals surface area contributed by atoms with Gasteiger partial charge in [0.15, 0.2) is 5.69 Å². The fraction of sp³-hybridized carbons (Fsp3) is 0.231. The van der Waals surface area contributed by atoms with Gasteiger partial charge in [0.25, 0.3) is 17.5 Å². The van der Waals surface area contributed by atoms with Crippen molar-refractivity contribution < 1.29 is 17.9 Å². The number of nitrogens with zero attached hydrogens (tertiary/aromatic N) is 3. The Morgan fingerprint density at radius 2 is 1.84 bits per heavy atom. The van der Waals surface area contributed by atoms with Gasteiger partial charge in [-0.05, 0) is 43.2 Å². The van der Waals surface area contributed by atoms with Gasteiger partial charge in [-0.1, -0.05) is 48.0 Å². The second kappa shape index (κ2) is 10.8. The molecular formula is C26H26ClN5O5S. The average Bonchev–Trinajstić information content (AvgIpc) is 2.86. The van der Waals surface area contributed by atoms with Crippen molar-refractivity contribution >= 4 is 44.1 Å². The molecule has 2 heterocycles. The van der Waals surface area contributed by atoms with E-state index < -0.39 is 22.0 Å². The summed E-state index contributed by atoms with van der Waals surface area (Å²) in [5, 5.41) is 3.62. The molecule has 12 heteroatoms. The fourth-order valence-electron chi connectivity index (χ4n) is 3.97. The first-order chi connectivity index (χ1) is 17.9. The van der Waals surface area contributed by atoms with Gasteiger partial charge in [0.05, 0.1) is 28.9 Å². The summed E-state index contributed by atoms with van der Waals surface area (Å²) < 4.78 is 32.4. The highest BCUT2D eigenvalue weighted by Crippen LogP contribution is 2.29. The van der Waals surface area contributed by atoms with Crippen molar-refractivity contribution in [1.29, 1.82) is 0 Å². The molecule has 0 spiro atoms. The minimum Gasteiger partial charge on any atom is -0.460 e. The number of aryl methyl sites for hydroxylation is 1. The molecule has 0 aliphatic rings. The molecule has 0 saturated carbocycles. The lowest BCUT2D eigenvalue weighted by atomic mass is 10.0. The molecule has 4 aromatic rings. The lowest BCUT2D eigenvalue weighted by Crippen LogP contribution is -2.31. The van der Waals surface area contributed by atoms with Crippen molar-refractivity contribution in [2.75, 3.05) is 11.6 Å². The van der Waals surface area contributed by atoms with Crippen LogP contribution in [0.2, 0.25) is 5.15 Å². The van der Waals surface area contributed by atoms with Gasteiger partial charge in [-0.2, -0.15) is 4.98 Å². The van der Waals surface area contributed by atoms with Crippen LogP contribution in [-0.2, 0) is 23.7 Å². The number of pyridine rings is 1. The zero-order valence-corrected chi connectivity index (χ0v) is 22.7. The van der Waals surface area contributed by atoms with Crippen molar-refractivity contribution in [2.45, 2.75) is 26.5 Å². The molecular weight excluding hydrogens is 530 g/mol. The number of hydrogen-bond acceptors (Lipinski definition) is 8. The van der Waals surface area contributed by atoms with Crippen LogP contribution in [0.1, 0.15) is 40.1 Å². The number of fused-ring (bicyclic) bond motifs is 1. The van der Waals surface area contributed by atoms with E-state index in [0.717, 1.165) is 17.4 Å². The Labute approximate surface area is 224 Å². The molecule has 0 aliphatic carbocycles. The fourth-order valence-corrected chi connectivity index (χ4v) is 4.55.